The molecule has 0 aliphatic carbocycles. The molecule has 0 unspecified atom stereocenters. The van der Waals surface area contributed by atoms with Crippen molar-refractivity contribution in [2.75, 3.05) is 7.11 Å². The minimum atomic E-state index is -0.461. The SMILES string of the molecule is COc1ccc(-n2c(-c3ccccc3OC(=O)c3cccs3)nc3ccccc3c2=O)cc1. The molecular weight excluding hydrogens is 436 g/mol. The number of thiophene rings is 1. The van der Waals surface area contributed by atoms with E-state index in [0.717, 1.165) is 0 Å². The van der Waals surface area contributed by atoms with Gasteiger partial charge in [0, 0.05) is 0 Å². The van der Waals surface area contributed by atoms with Crippen LogP contribution in [0.4, 0.5) is 0 Å². The number of esters is 1. The van der Waals surface area contributed by atoms with Gasteiger partial charge in [0.2, 0.25) is 0 Å². The zero-order valence-electron chi connectivity index (χ0n) is 17.6. The predicted molar refractivity (Wildman–Crippen MR) is 129 cm³/mol. The van der Waals surface area contributed by atoms with Crippen molar-refractivity contribution in [3.8, 4) is 28.6 Å². The number of hydrogen-bond acceptors (Lipinski definition) is 6. The average Bonchev–Trinajstić information content (AvgIpc) is 3.40. The van der Waals surface area contributed by atoms with Gasteiger partial charge in [-0.05, 0) is 60.0 Å². The highest BCUT2D eigenvalue weighted by Crippen LogP contribution is 2.31. The van der Waals surface area contributed by atoms with Gasteiger partial charge in [-0.1, -0.05) is 30.3 Å². The number of ether oxygens (including phenoxy) is 2. The maximum absolute atomic E-state index is 13.6. The molecule has 0 N–H and O–H groups in total. The highest BCUT2D eigenvalue weighted by Gasteiger charge is 2.20. The molecule has 162 valence electrons. The minimum Gasteiger partial charge on any atom is -0.497 e. The third-order valence-corrected chi connectivity index (χ3v) is 6.01. The summed E-state index contributed by atoms with van der Waals surface area (Å²) in [6.07, 6.45) is 0. The van der Waals surface area contributed by atoms with Crippen LogP contribution in [0.25, 0.3) is 28.0 Å². The van der Waals surface area contributed by atoms with Gasteiger partial charge >= 0.3 is 5.97 Å². The molecule has 5 aromatic rings. The molecule has 0 spiro atoms. The number of para-hydroxylation sites is 2. The summed E-state index contributed by atoms with van der Waals surface area (Å²) < 4.78 is 12.5. The highest BCUT2D eigenvalue weighted by atomic mass is 32.1. The molecule has 2 aromatic heterocycles. The van der Waals surface area contributed by atoms with E-state index in [1.54, 1.807) is 79.9 Å². The van der Waals surface area contributed by atoms with E-state index >= 15 is 0 Å². The molecule has 7 heteroatoms. The second-order valence-corrected chi connectivity index (χ2v) is 8.10. The summed E-state index contributed by atoms with van der Waals surface area (Å²) in [5, 5.41) is 2.31. The third kappa shape index (κ3) is 3.90. The molecule has 0 saturated carbocycles. The number of hydrogen-bond donors (Lipinski definition) is 0. The fourth-order valence-corrected chi connectivity index (χ4v) is 4.17. The van der Waals surface area contributed by atoms with E-state index in [2.05, 4.69) is 0 Å². The first kappa shape index (κ1) is 20.7. The molecule has 0 aliphatic heterocycles. The van der Waals surface area contributed by atoms with Crippen molar-refractivity contribution in [1.29, 1.82) is 0 Å². The molecule has 5 rings (SSSR count). The number of fused-ring (bicyclic) bond motifs is 1. The van der Waals surface area contributed by atoms with Gasteiger partial charge in [-0.3, -0.25) is 9.36 Å². The maximum Gasteiger partial charge on any atom is 0.353 e. The van der Waals surface area contributed by atoms with E-state index in [1.807, 2.05) is 17.5 Å². The van der Waals surface area contributed by atoms with Gasteiger partial charge in [0.25, 0.3) is 5.56 Å². The molecule has 0 atom stereocenters. The molecule has 0 radical (unpaired) electrons. The van der Waals surface area contributed by atoms with Crippen molar-refractivity contribution < 1.29 is 14.3 Å². The predicted octanol–water partition coefficient (Wildman–Crippen LogP) is 5.34. The Labute approximate surface area is 193 Å². The van der Waals surface area contributed by atoms with Gasteiger partial charge < -0.3 is 9.47 Å². The normalized spacial score (nSPS) is 10.8. The fraction of sp³-hybridized carbons (Fsp3) is 0.0385. The molecule has 6 nitrogen and oxygen atoms in total. The van der Waals surface area contributed by atoms with Crippen molar-refractivity contribution in [3.63, 3.8) is 0 Å². The van der Waals surface area contributed by atoms with Crippen LogP contribution in [-0.2, 0) is 0 Å². The topological polar surface area (TPSA) is 70.4 Å². The van der Waals surface area contributed by atoms with Crippen molar-refractivity contribution >= 4 is 28.2 Å². The molecule has 3 aromatic carbocycles. The van der Waals surface area contributed by atoms with E-state index in [0.29, 0.717) is 44.4 Å². The Balaban J connectivity index is 1.73. The Morgan fingerprint density at radius 3 is 2.42 bits per heavy atom. The zero-order chi connectivity index (χ0) is 22.8. The largest absolute Gasteiger partial charge is 0.497 e. The van der Waals surface area contributed by atoms with Gasteiger partial charge in [-0.25, -0.2) is 9.78 Å². The second-order valence-electron chi connectivity index (χ2n) is 7.15. The van der Waals surface area contributed by atoms with Crippen molar-refractivity contribution in [3.05, 3.63) is 106 Å². The van der Waals surface area contributed by atoms with Crippen LogP contribution in [0.15, 0.2) is 95.1 Å². The Bertz CT molecular complexity index is 1510. The second kappa shape index (κ2) is 8.72. The van der Waals surface area contributed by atoms with E-state index < -0.39 is 5.97 Å². The number of aromatic nitrogens is 2. The van der Waals surface area contributed by atoms with Crippen LogP contribution in [0.2, 0.25) is 0 Å². The van der Waals surface area contributed by atoms with Crippen LogP contribution in [0, 0.1) is 0 Å². The summed E-state index contributed by atoms with van der Waals surface area (Å²) >= 11 is 1.30. The van der Waals surface area contributed by atoms with Gasteiger partial charge in [-0.15, -0.1) is 11.3 Å². The van der Waals surface area contributed by atoms with Gasteiger partial charge in [0.05, 0.1) is 29.3 Å². The van der Waals surface area contributed by atoms with Crippen molar-refractivity contribution in [2.45, 2.75) is 0 Å². The Morgan fingerprint density at radius 2 is 1.67 bits per heavy atom. The molecule has 0 aliphatic rings. The molecule has 0 amide bonds. The molecular formula is C26H18N2O4S. The number of carbonyl (C=O) groups is 1. The lowest BCUT2D eigenvalue weighted by Gasteiger charge is -2.16. The van der Waals surface area contributed by atoms with Gasteiger partial charge in [-0.2, -0.15) is 0 Å². The molecule has 33 heavy (non-hydrogen) atoms. The van der Waals surface area contributed by atoms with Gasteiger partial charge in [0.15, 0.2) is 5.82 Å². The van der Waals surface area contributed by atoms with Crippen LogP contribution in [0.5, 0.6) is 11.5 Å². The molecule has 0 bridgehead atoms. The van der Waals surface area contributed by atoms with E-state index in [-0.39, 0.29) is 5.56 Å². The summed E-state index contributed by atoms with van der Waals surface area (Å²) in [6.45, 7) is 0. The molecule has 2 heterocycles. The molecule has 0 saturated heterocycles. The highest BCUT2D eigenvalue weighted by molar-refractivity contribution is 7.12. The monoisotopic (exact) mass is 454 g/mol. The third-order valence-electron chi connectivity index (χ3n) is 5.16. The molecule has 0 fully saturated rings. The summed E-state index contributed by atoms with van der Waals surface area (Å²) in [7, 11) is 1.59. The van der Waals surface area contributed by atoms with Crippen molar-refractivity contribution in [2.24, 2.45) is 0 Å². The maximum atomic E-state index is 13.6. The fourth-order valence-electron chi connectivity index (χ4n) is 3.57. The summed E-state index contributed by atoms with van der Waals surface area (Å²) in [5.41, 5.74) is 1.48. The van der Waals surface area contributed by atoms with Crippen LogP contribution < -0.4 is 15.0 Å². The van der Waals surface area contributed by atoms with E-state index in [1.165, 1.54) is 15.9 Å². The van der Waals surface area contributed by atoms with Crippen LogP contribution in [-0.4, -0.2) is 22.6 Å². The number of rotatable bonds is 5. The number of carbonyl (C=O) groups excluding carboxylic acids is 1. The lowest BCUT2D eigenvalue weighted by molar-refractivity contribution is 0.0740. The van der Waals surface area contributed by atoms with E-state index in [4.69, 9.17) is 14.5 Å². The zero-order valence-corrected chi connectivity index (χ0v) is 18.4. The summed E-state index contributed by atoms with van der Waals surface area (Å²) in [6, 6.07) is 24.9. The Hall–Kier alpha value is -4.23. The quantitative estimate of drug-likeness (QED) is 0.265. The standard InChI is InChI=1S/C26H18N2O4S/c1-31-18-14-12-17(13-15-18)28-24(27-21-9-4-2-7-19(21)25(28)29)20-8-3-5-10-22(20)32-26(30)23-11-6-16-33-23/h2-16H,1H3. The first-order valence-electron chi connectivity index (χ1n) is 10.2. The van der Waals surface area contributed by atoms with Crippen LogP contribution in [0.1, 0.15) is 9.67 Å². The summed E-state index contributed by atoms with van der Waals surface area (Å²) in [5.74, 6) is 0.905. The summed E-state index contributed by atoms with van der Waals surface area (Å²) in [4.78, 5) is 31.5. The van der Waals surface area contributed by atoms with Crippen LogP contribution in [0.3, 0.4) is 0 Å². The Morgan fingerprint density at radius 1 is 0.909 bits per heavy atom. The lowest BCUT2D eigenvalue weighted by atomic mass is 10.1. The Kier molecular flexibility index (Phi) is 5.46. The first-order chi connectivity index (χ1) is 16.2. The number of nitrogens with zero attached hydrogens (tertiary/aromatic N) is 2. The number of benzene rings is 3. The first-order valence-corrected chi connectivity index (χ1v) is 11.0. The van der Waals surface area contributed by atoms with Crippen molar-refractivity contribution in [1.82, 2.24) is 9.55 Å². The minimum absolute atomic E-state index is 0.222. The average molecular weight is 455 g/mol. The lowest BCUT2D eigenvalue weighted by Crippen LogP contribution is -2.22. The van der Waals surface area contributed by atoms with Crippen LogP contribution >= 0.6 is 11.3 Å². The smallest absolute Gasteiger partial charge is 0.353 e. The van der Waals surface area contributed by atoms with Gasteiger partial charge in [0.1, 0.15) is 16.4 Å². The number of methoxy groups -OCH3 is 1. The van der Waals surface area contributed by atoms with E-state index in [9.17, 15) is 9.59 Å².